The van der Waals surface area contributed by atoms with E-state index >= 15 is 0 Å². The fourth-order valence-corrected chi connectivity index (χ4v) is 6.28. The summed E-state index contributed by atoms with van der Waals surface area (Å²) in [6, 6.07) is 3.54. The van der Waals surface area contributed by atoms with E-state index in [1.54, 1.807) is 0 Å². The van der Waals surface area contributed by atoms with Crippen LogP contribution >= 0.6 is 0 Å². The van der Waals surface area contributed by atoms with Gasteiger partial charge in [0.15, 0.2) is 21.4 Å². The van der Waals surface area contributed by atoms with Gasteiger partial charge in [-0.3, -0.25) is 0 Å². The van der Waals surface area contributed by atoms with Gasteiger partial charge in [0.05, 0.1) is 23.7 Å². The van der Waals surface area contributed by atoms with Crippen molar-refractivity contribution in [3.63, 3.8) is 0 Å². The summed E-state index contributed by atoms with van der Waals surface area (Å²) in [5.74, 6) is -5.39. The Kier molecular flexibility index (Phi) is 4.19. The summed E-state index contributed by atoms with van der Waals surface area (Å²) in [4.78, 5) is -0.636. The SMILES string of the molecule is O=S(=O)(c1cc(F)cc(F)c1)[C@]12CCOC[C@H]1COc1c(F)ccc(F)c12. The van der Waals surface area contributed by atoms with Crippen molar-refractivity contribution in [3.8, 4) is 5.75 Å². The van der Waals surface area contributed by atoms with E-state index in [1.807, 2.05) is 0 Å². The Labute approximate surface area is 152 Å². The molecular weight excluding hydrogens is 388 g/mol. The smallest absolute Gasteiger partial charge is 0.189 e. The third-order valence-corrected chi connectivity index (χ3v) is 7.69. The first-order chi connectivity index (χ1) is 12.8. The average molecular weight is 402 g/mol. The highest BCUT2D eigenvalue weighted by Gasteiger charge is 2.59. The van der Waals surface area contributed by atoms with Gasteiger partial charge >= 0.3 is 0 Å². The molecule has 27 heavy (non-hydrogen) atoms. The molecule has 2 aliphatic heterocycles. The zero-order chi connectivity index (χ0) is 19.4. The Morgan fingerprint density at radius 3 is 2.33 bits per heavy atom. The quantitative estimate of drug-likeness (QED) is 0.723. The molecule has 0 spiro atoms. The molecule has 144 valence electrons. The molecule has 0 bridgehead atoms. The van der Waals surface area contributed by atoms with Crippen molar-refractivity contribution in [1.82, 2.24) is 0 Å². The van der Waals surface area contributed by atoms with Gasteiger partial charge in [-0.05, 0) is 30.7 Å². The van der Waals surface area contributed by atoms with Crippen LogP contribution in [-0.4, -0.2) is 28.2 Å². The van der Waals surface area contributed by atoms with E-state index in [0.717, 1.165) is 12.1 Å². The van der Waals surface area contributed by atoms with Crippen LogP contribution in [0.1, 0.15) is 12.0 Å². The molecule has 4 rings (SSSR count). The first-order valence-corrected chi connectivity index (χ1v) is 9.65. The lowest BCUT2D eigenvalue weighted by Gasteiger charge is -2.46. The highest BCUT2D eigenvalue weighted by Crippen LogP contribution is 2.54. The summed E-state index contributed by atoms with van der Waals surface area (Å²) >= 11 is 0. The van der Waals surface area contributed by atoms with E-state index in [2.05, 4.69) is 0 Å². The van der Waals surface area contributed by atoms with E-state index in [9.17, 15) is 26.0 Å². The summed E-state index contributed by atoms with van der Waals surface area (Å²) in [7, 11) is -4.53. The van der Waals surface area contributed by atoms with Crippen molar-refractivity contribution < 1.29 is 35.5 Å². The second-order valence-corrected chi connectivity index (χ2v) is 8.77. The van der Waals surface area contributed by atoms with Crippen molar-refractivity contribution in [2.45, 2.75) is 16.1 Å². The third kappa shape index (κ3) is 2.55. The molecule has 9 heteroatoms. The Morgan fingerprint density at radius 2 is 1.63 bits per heavy atom. The van der Waals surface area contributed by atoms with Crippen LogP contribution in [0, 0.1) is 29.2 Å². The number of benzene rings is 2. The third-order valence-electron chi connectivity index (χ3n) is 5.13. The van der Waals surface area contributed by atoms with Crippen molar-refractivity contribution >= 4 is 9.84 Å². The van der Waals surface area contributed by atoms with Gasteiger partial charge in [0.25, 0.3) is 0 Å². The van der Waals surface area contributed by atoms with Crippen molar-refractivity contribution in [2.75, 3.05) is 19.8 Å². The summed E-state index contributed by atoms with van der Waals surface area (Å²) in [6.07, 6.45) is -0.200. The topological polar surface area (TPSA) is 52.6 Å². The minimum absolute atomic E-state index is 0.0388. The van der Waals surface area contributed by atoms with E-state index in [4.69, 9.17) is 9.47 Å². The summed E-state index contributed by atoms with van der Waals surface area (Å²) in [5.41, 5.74) is -0.452. The Bertz CT molecular complexity index is 1000. The molecule has 2 heterocycles. The van der Waals surface area contributed by atoms with Gasteiger partial charge in [0.2, 0.25) is 0 Å². The lowest BCUT2D eigenvalue weighted by atomic mass is 9.79. The molecule has 2 atom stereocenters. The summed E-state index contributed by atoms with van der Waals surface area (Å²) in [5, 5.41) is 0. The van der Waals surface area contributed by atoms with Gasteiger partial charge in [0.1, 0.15) is 22.2 Å². The molecule has 2 aromatic rings. The van der Waals surface area contributed by atoms with Gasteiger partial charge in [-0.25, -0.2) is 26.0 Å². The number of halogens is 4. The Morgan fingerprint density at radius 1 is 0.963 bits per heavy atom. The average Bonchev–Trinajstić information content (AvgIpc) is 2.63. The highest BCUT2D eigenvalue weighted by atomic mass is 32.2. The molecule has 2 aliphatic rings. The van der Waals surface area contributed by atoms with Crippen LogP contribution in [0.25, 0.3) is 0 Å². The zero-order valence-corrected chi connectivity index (χ0v) is 14.7. The normalized spacial score (nSPS) is 24.7. The van der Waals surface area contributed by atoms with Crippen LogP contribution < -0.4 is 4.74 Å². The first kappa shape index (κ1) is 18.2. The lowest BCUT2D eigenvalue weighted by molar-refractivity contribution is -0.00654. The molecule has 0 aliphatic carbocycles. The number of hydrogen-bond donors (Lipinski definition) is 0. The number of rotatable bonds is 2. The van der Waals surface area contributed by atoms with Gasteiger partial charge in [-0.1, -0.05) is 0 Å². The standard InChI is InChI=1S/C18H14F4O4S/c19-11-5-12(20)7-13(6-11)27(23,24)18-3-4-25-8-10(18)9-26-17-15(22)2-1-14(21)16(17)18/h1-2,5-7,10H,3-4,8-9H2/t10-,18+/m0/s1. The highest BCUT2D eigenvalue weighted by molar-refractivity contribution is 7.92. The van der Waals surface area contributed by atoms with Crippen molar-refractivity contribution in [1.29, 1.82) is 0 Å². The number of hydrogen-bond acceptors (Lipinski definition) is 4. The molecule has 0 N–H and O–H groups in total. The largest absolute Gasteiger partial charge is 0.490 e. The number of ether oxygens (including phenoxy) is 2. The van der Waals surface area contributed by atoms with Crippen LogP contribution in [0.15, 0.2) is 35.2 Å². The summed E-state index contributed by atoms with van der Waals surface area (Å²) in [6.45, 7) is -0.347. The number of fused-ring (bicyclic) bond motifs is 3. The van der Waals surface area contributed by atoms with Crippen LogP contribution in [0.5, 0.6) is 5.75 Å². The molecule has 2 aromatic carbocycles. The van der Waals surface area contributed by atoms with E-state index < -0.39 is 60.0 Å². The molecule has 0 unspecified atom stereocenters. The van der Waals surface area contributed by atoms with Gasteiger partial charge in [0, 0.05) is 18.6 Å². The maximum Gasteiger partial charge on any atom is 0.189 e. The Balaban J connectivity index is 2.05. The van der Waals surface area contributed by atoms with Gasteiger partial charge in [-0.2, -0.15) is 0 Å². The monoisotopic (exact) mass is 402 g/mol. The predicted octanol–water partition coefficient (Wildman–Crippen LogP) is 3.34. The minimum Gasteiger partial charge on any atom is -0.490 e. The molecule has 1 saturated heterocycles. The fourth-order valence-electron chi connectivity index (χ4n) is 3.93. The van der Waals surface area contributed by atoms with Crippen molar-refractivity contribution in [3.05, 3.63) is 59.2 Å². The minimum atomic E-state index is -4.53. The maximum absolute atomic E-state index is 14.8. The van der Waals surface area contributed by atoms with E-state index in [-0.39, 0.29) is 26.2 Å². The molecule has 4 nitrogen and oxygen atoms in total. The van der Waals surface area contributed by atoms with E-state index in [0.29, 0.717) is 18.2 Å². The molecule has 0 radical (unpaired) electrons. The van der Waals surface area contributed by atoms with Crippen LogP contribution in [0.3, 0.4) is 0 Å². The van der Waals surface area contributed by atoms with E-state index in [1.165, 1.54) is 0 Å². The first-order valence-electron chi connectivity index (χ1n) is 8.17. The van der Waals surface area contributed by atoms with Gasteiger partial charge in [-0.15, -0.1) is 0 Å². The second-order valence-electron chi connectivity index (χ2n) is 6.56. The summed E-state index contributed by atoms with van der Waals surface area (Å²) < 4.78 is 92.2. The fraction of sp³-hybridized carbons (Fsp3) is 0.333. The molecule has 0 saturated carbocycles. The predicted molar refractivity (Wildman–Crippen MR) is 86.0 cm³/mol. The zero-order valence-electron chi connectivity index (χ0n) is 13.8. The maximum atomic E-state index is 14.8. The molecular formula is C18H14F4O4S. The van der Waals surface area contributed by atoms with Crippen LogP contribution in [0.2, 0.25) is 0 Å². The molecule has 0 aromatic heterocycles. The van der Waals surface area contributed by atoms with Crippen LogP contribution in [0.4, 0.5) is 17.6 Å². The van der Waals surface area contributed by atoms with Crippen LogP contribution in [-0.2, 0) is 19.3 Å². The molecule has 1 fully saturated rings. The van der Waals surface area contributed by atoms with Crippen molar-refractivity contribution in [2.24, 2.45) is 5.92 Å². The second kappa shape index (κ2) is 6.20. The number of sulfone groups is 1. The lowest BCUT2D eigenvalue weighted by Crippen LogP contribution is -2.54. The Hall–Kier alpha value is -2.13. The molecule has 0 amide bonds. The van der Waals surface area contributed by atoms with Gasteiger partial charge < -0.3 is 9.47 Å².